The number of nitrogens with one attached hydrogen (secondary N) is 1. The summed E-state index contributed by atoms with van der Waals surface area (Å²) in [6.07, 6.45) is 0.667. The minimum Gasteiger partial charge on any atom is -0.453 e. The number of nitrogens with zero attached hydrogens (tertiary/aromatic N) is 1. The summed E-state index contributed by atoms with van der Waals surface area (Å²) in [4.78, 5) is 12.0. The third-order valence-corrected chi connectivity index (χ3v) is 3.73. The highest BCUT2D eigenvalue weighted by Crippen LogP contribution is 2.29. The lowest BCUT2D eigenvalue weighted by molar-refractivity contribution is -0.119. The van der Waals surface area contributed by atoms with Gasteiger partial charge in [-0.05, 0) is 30.7 Å². The van der Waals surface area contributed by atoms with Crippen molar-refractivity contribution >= 4 is 11.6 Å². The van der Waals surface area contributed by atoms with Gasteiger partial charge in [0, 0.05) is 18.4 Å². The normalized spacial score (nSPS) is 16.4. The maximum absolute atomic E-state index is 14.2. The van der Waals surface area contributed by atoms with Crippen LogP contribution in [-0.2, 0) is 9.53 Å². The Morgan fingerprint density at radius 1 is 1.29 bits per heavy atom. The first-order valence-corrected chi connectivity index (χ1v) is 7.52. The molecule has 0 bridgehead atoms. The van der Waals surface area contributed by atoms with Crippen molar-refractivity contribution in [3.8, 4) is 17.6 Å². The van der Waals surface area contributed by atoms with Crippen molar-refractivity contribution in [2.75, 3.05) is 18.5 Å². The second-order valence-electron chi connectivity index (χ2n) is 5.40. The largest absolute Gasteiger partial charge is 0.453 e. The van der Waals surface area contributed by atoms with Crippen LogP contribution in [0, 0.1) is 23.1 Å². The Kier molecular flexibility index (Phi) is 4.73. The average molecular weight is 326 g/mol. The highest BCUT2D eigenvalue weighted by molar-refractivity contribution is 5.92. The van der Waals surface area contributed by atoms with Crippen LogP contribution in [-0.4, -0.2) is 19.1 Å². The van der Waals surface area contributed by atoms with Crippen LogP contribution in [0.1, 0.15) is 12.0 Å². The summed E-state index contributed by atoms with van der Waals surface area (Å²) in [5, 5.41) is 11.7. The first kappa shape index (κ1) is 16.0. The van der Waals surface area contributed by atoms with E-state index in [-0.39, 0.29) is 23.3 Å². The number of anilines is 1. The van der Waals surface area contributed by atoms with E-state index in [1.807, 2.05) is 6.07 Å². The number of hydrogen-bond donors (Lipinski definition) is 1. The predicted molar refractivity (Wildman–Crippen MR) is 85.2 cm³/mol. The predicted octanol–water partition coefficient (Wildman–Crippen LogP) is 3.46. The van der Waals surface area contributed by atoms with Crippen LogP contribution in [0.25, 0.3) is 0 Å². The lowest BCUT2D eigenvalue weighted by Gasteiger charge is -2.12. The highest BCUT2D eigenvalue weighted by Gasteiger charge is 2.23. The molecule has 5 nitrogen and oxygen atoms in total. The van der Waals surface area contributed by atoms with Gasteiger partial charge >= 0.3 is 0 Å². The Bertz CT molecular complexity index is 795. The molecular formula is C18H15FN2O3. The molecule has 1 heterocycles. The van der Waals surface area contributed by atoms with Crippen LogP contribution < -0.4 is 10.1 Å². The molecule has 6 heteroatoms. The summed E-state index contributed by atoms with van der Waals surface area (Å²) >= 11 is 0. The second-order valence-corrected chi connectivity index (χ2v) is 5.40. The zero-order chi connectivity index (χ0) is 16.9. The lowest BCUT2D eigenvalue weighted by Crippen LogP contribution is -2.22. The molecule has 3 rings (SSSR count). The van der Waals surface area contributed by atoms with E-state index in [1.54, 1.807) is 30.3 Å². The molecule has 0 aromatic heterocycles. The van der Waals surface area contributed by atoms with Crippen LogP contribution in [0.15, 0.2) is 42.5 Å². The van der Waals surface area contributed by atoms with E-state index in [4.69, 9.17) is 14.7 Å². The maximum atomic E-state index is 14.2. The summed E-state index contributed by atoms with van der Waals surface area (Å²) in [5.41, 5.74) is 0.667. The average Bonchev–Trinajstić information content (AvgIpc) is 3.12. The zero-order valence-corrected chi connectivity index (χ0v) is 12.8. The molecule has 1 fully saturated rings. The van der Waals surface area contributed by atoms with E-state index in [2.05, 4.69) is 5.32 Å². The van der Waals surface area contributed by atoms with Crippen molar-refractivity contribution in [3.05, 3.63) is 53.8 Å². The summed E-state index contributed by atoms with van der Waals surface area (Å²) < 4.78 is 24.8. The summed E-state index contributed by atoms with van der Waals surface area (Å²) in [5.74, 6) is -0.746. The van der Waals surface area contributed by atoms with Gasteiger partial charge in [0.05, 0.1) is 18.1 Å². The van der Waals surface area contributed by atoms with Crippen molar-refractivity contribution in [1.82, 2.24) is 0 Å². The van der Waals surface area contributed by atoms with Gasteiger partial charge in [0.2, 0.25) is 5.91 Å². The van der Waals surface area contributed by atoms with Gasteiger partial charge in [0.25, 0.3) is 0 Å². The molecule has 122 valence electrons. The molecule has 1 aliphatic rings. The minimum atomic E-state index is -0.622. The zero-order valence-electron chi connectivity index (χ0n) is 12.8. The molecule has 0 radical (unpaired) electrons. The third kappa shape index (κ3) is 3.53. The third-order valence-electron chi connectivity index (χ3n) is 3.73. The number of carbonyl (C=O) groups is 1. The fraction of sp³-hybridized carbons (Fsp3) is 0.222. The molecule has 0 aliphatic carbocycles. The molecule has 2 aromatic carbocycles. The van der Waals surface area contributed by atoms with Crippen molar-refractivity contribution < 1.29 is 18.7 Å². The standard InChI is InChI=1S/C18H15FN2O3/c19-15-9-14(21-18(22)13-7-8-23-11-13)5-6-17(15)24-16-4-2-1-3-12(16)10-20/h1-6,9,13H,7-8,11H2,(H,21,22)/t13-/m1/s1. The quantitative estimate of drug-likeness (QED) is 0.934. The molecule has 0 unspecified atom stereocenters. The Morgan fingerprint density at radius 3 is 2.83 bits per heavy atom. The molecule has 2 aromatic rings. The fourth-order valence-electron chi connectivity index (χ4n) is 2.41. The molecule has 1 atom stereocenters. The number of benzene rings is 2. The van der Waals surface area contributed by atoms with Crippen LogP contribution in [0.2, 0.25) is 0 Å². The van der Waals surface area contributed by atoms with Crippen LogP contribution in [0.5, 0.6) is 11.5 Å². The van der Waals surface area contributed by atoms with Gasteiger partial charge in [-0.3, -0.25) is 4.79 Å². The van der Waals surface area contributed by atoms with Gasteiger partial charge in [-0.15, -0.1) is 0 Å². The van der Waals surface area contributed by atoms with E-state index in [9.17, 15) is 9.18 Å². The van der Waals surface area contributed by atoms with Gasteiger partial charge in [0.1, 0.15) is 11.8 Å². The minimum absolute atomic E-state index is 0.0140. The van der Waals surface area contributed by atoms with Crippen molar-refractivity contribution in [2.45, 2.75) is 6.42 Å². The molecule has 1 saturated heterocycles. The molecule has 0 saturated carbocycles. The van der Waals surface area contributed by atoms with Gasteiger partial charge in [-0.2, -0.15) is 5.26 Å². The van der Waals surface area contributed by atoms with Gasteiger partial charge in [0.15, 0.2) is 11.6 Å². The molecule has 1 N–H and O–H groups in total. The first-order chi connectivity index (χ1) is 11.7. The van der Waals surface area contributed by atoms with Gasteiger partial charge in [-0.25, -0.2) is 4.39 Å². The van der Waals surface area contributed by atoms with E-state index in [0.717, 1.165) is 0 Å². The SMILES string of the molecule is N#Cc1ccccc1Oc1ccc(NC(=O)[C@@H]2CCOC2)cc1F. The maximum Gasteiger partial charge on any atom is 0.229 e. The summed E-state index contributed by atoms with van der Waals surface area (Å²) in [6, 6.07) is 12.7. The fourth-order valence-corrected chi connectivity index (χ4v) is 2.41. The smallest absolute Gasteiger partial charge is 0.229 e. The first-order valence-electron chi connectivity index (χ1n) is 7.52. The molecule has 1 amide bonds. The lowest BCUT2D eigenvalue weighted by atomic mass is 10.1. The van der Waals surface area contributed by atoms with Gasteiger partial charge in [-0.1, -0.05) is 12.1 Å². The van der Waals surface area contributed by atoms with Crippen LogP contribution in [0.4, 0.5) is 10.1 Å². The van der Waals surface area contributed by atoms with Crippen molar-refractivity contribution in [3.63, 3.8) is 0 Å². The van der Waals surface area contributed by atoms with Crippen molar-refractivity contribution in [1.29, 1.82) is 5.26 Å². The highest BCUT2D eigenvalue weighted by atomic mass is 19.1. The monoisotopic (exact) mass is 326 g/mol. The number of para-hydroxylation sites is 1. The topological polar surface area (TPSA) is 71.3 Å². The summed E-state index contributed by atoms with van der Waals surface area (Å²) in [7, 11) is 0. The van der Waals surface area contributed by atoms with E-state index in [0.29, 0.717) is 30.9 Å². The Morgan fingerprint density at radius 2 is 2.12 bits per heavy atom. The van der Waals surface area contributed by atoms with Crippen LogP contribution in [0.3, 0.4) is 0 Å². The van der Waals surface area contributed by atoms with E-state index in [1.165, 1.54) is 12.1 Å². The Hall–Kier alpha value is -2.91. The number of hydrogen-bond acceptors (Lipinski definition) is 4. The molecule has 24 heavy (non-hydrogen) atoms. The molecular weight excluding hydrogens is 311 g/mol. The molecule has 0 spiro atoms. The number of amides is 1. The number of nitriles is 1. The number of ether oxygens (including phenoxy) is 2. The van der Waals surface area contributed by atoms with Crippen LogP contribution >= 0.6 is 0 Å². The van der Waals surface area contributed by atoms with Crippen molar-refractivity contribution in [2.24, 2.45) is 5.92 Å². The number of rotatable bonds is 4. The summed E-state index contributed by atoms with van der Waals surface area (Å²) in [6.45, 7) is 0.956. The number of halogens is 1. The number of carbonyl (C=O) groups excluding carboxylic acids is 1. The Balaban J connectivity index is 1.73. The Labute approximate surface area is 138 Å². The van der Waals surface area contributed by atoms with E-state index >= 15 is 0 Å². The van der Waals surface area contributed by atoms with E-state index < -0.39 is 5.82 Å². The second kappa shape index (κ2) is 7.11. The molecule has 1 aliphatic heterocycles. The van der Waals surface area contributed by atoms with Gasteiger partial charge < -0.3 is 14.8 Å².